The van der Waals surface area contributed by atoms with E-state index < -0.39 is 40.0 Å². The second-order valence-corrected chi connectivity index (χ2v) is 11.1. The van der Waals surface area contributed by atoms with Crippen molar-refractivity contribution in [1.29, 1.82) is 0 Å². The molecule has 196 valence electrons. The standard InChI is InChI=1S/C25H28N4O7S/c1-35-21-9-8-18(37(33,34)28-11-13-36-14-12-28)15-20(21)26-22(30)16-29-23(31)25(27-24(29)32)10-4-6-17-5-2-3-7-19(17)25/h2-3,5,7-9,15H,4,6,10-14,16H2,1H3,(H,26,30)(H,27,32). The van der Waals surface area contributed by atoms with E-state index in [2.05, 4.69) is 10.6 Å². The van der Waals surface area contributed by atoms with Crippen LogP contribution in [0.5, 0.6) is 5.75 Å². The van der Waals surface area contributed by atoms with Crippen LogP contribution in [-0.4, -0.2) is 75.4 Å². The summed E-state index contributed by atoms with van der Waals surface area (Å²) >= 11 is 0. The van der Waals surface area contributed by atoms with Crippen LogP contribution in [0.3, 0.4) is 0 Å². The van der Waals surface area contributed by atoms with Crippen molar-refractivity contribution in [1.82, 2.24) is 14.5 Å². The molecule has 1 atom stereocenters. The molecule has 1 spiro atoms. The Balaban J connectivity index is 1.35. The summed E-state index contributed by atoms with van der Waals surface area (Å²) < 4.78 is 38.0. The van der Waals surface area contributed by atoms with Gasteiger partial charge in [0.1, 0.15) is 17.8 Å². The minimum Gasteiger partial charge on any atom is -0.495 e. The van der Waals surface area contributed by atoms with Crippen molar-refractivity contribution in [2.24, 2.45) is 0 Å². The number of hydrogen-bond donors (Lipinski definition) is 2. The zero-order valence-corrected chi connectivity index (χ0v) is 21.2. The fourth-order valence-electron chi connectivity index (χ4n) is 5.17. The van der Waals surface area contributed by atoms with Crippen LogP contribution in [0.2, 0.25) is 0 Å². The molecule has 2 N–H and O–H groups in total. The van der Waals surface area contributed by atoms with Gasteiger partial charge in [-0.05, 0) is 48.6 Å². The molecule has 0 radical (unpaired) electrons. The Morgan fingerprint density at radius 3 is 2.68 bits per heavy atom. The summed E-state index contributed by atoms with van der Waals surface area (Å²) in [5.74, 6) is -0.900. The summed E-state index contributed by atoms with van der Waals surface area (Å²) in [4.78, 5) is 40.2. The number of benzene rings is 2. The molecule has 2 saturated heterocycles. The monoisotopic (exact) mass is 528 g/mol. The minimum atomic E-state index is -3.81. The van der Waals surface area contributed by atoms with Crippen LogP contribution in [0.1, 0.15) is 24.0 Å². The number of anilines is 1. The van der Waals surface area contributed by atoms with Gasteiger partial charge < -0.3 is 20.1 Å². The Hall–Kier alpha value is -3.48. The van der Waals surface area contributed by atoms with E-state index in [1.54, 1.807) is 0 Å². The lowest BCUT2D eigenvalue weighted by atomic mass is 9.76. The van der Waals surface area contributed by atoms with Crippen molar-refractivity contribution in [3.63, 3.8) is 0 Å². The second kappa shape index (κ2) is 9.77. The highest BCUT2D eigenvalue weighted by Crippen LogP contribution is 2.40. The molecular weight excluding hydrogens is 500 g/mol. The Morgan fingerprint density at radius 1 is 1.16 bits per heavy atom. The summed E-state index contributed by atoms with van der Waals surface area (Å²) in [7, 11) is -2.42. The van der Waals surface area contributed by atoms with Gasteiger partial charge >= 0.3 is 6.03 Å². The first kappa shape index (κ1) is 25.2. The Bertz CT molecular complexity index is 1360. The predicted octanol–water partition coefficient (Wildman–Crippen LogP) is 1.44. The normalized spacial score (nSPS) is 22.0. The number of aryl methyl sites for hydroxylation is 1. The average Bonchev–Trinajstić information content (AvgIpc) is 3.13. The van der Waals surface area contributed by atoms with Gasteiger partial charge in [0, 0.05) is 13.1 Å². The maximum Gasteiger partial charge on any atom is 0.325 e. The smallest absolute Gasteiger partial charge is 0.325 e. The van der Waals surface area contributed by atoms with Gasteiger partial charge in [-0.3, -0.25) is 14.5 Å². The molecule has 1 unspecified atom stereocenters. The topological polar surface area (TPSA) is 134 Å². The fraction of sp³-hybridized carbons (Fsp3) is 0.400. The summed E-state index contributed by atoms with van der Waals surface area (Å²) in [6, 6.07) is 11.0. The molecule has 0 aromatic heterocycles. The maximum absolute atomic E-state index is 13.5. The summed E-state index contributed by atoms with van der Waals surface area (Å²) in [6.07, 6.45) is 1.98. The first-order valence-corrected chi connectivity index (χ1v) is 13.5. The molecule has 12 heteroatoms. The largest absolute Gasteiger partial charge is 0.495 e. The van der Waals surface area contributed by atoms with E-state index in [1.165, 1.54) is 29.6 Å². The third-order valence-corrected chi connectivity index (χ3v) is 8.90. The molecule has 37 heavy (non-hydrogen) atoms. The highest BCUT2D eigenvalue weighted by Gasteiger charge is 2.54. The number of amides is 4. The Kier molecular flexibility index (Phi) is 6.65. The molecule has 3 aliphatic rings. The molecule has 0 bridgehead atoms. The lowest BCUT2D eigenvalue weighted by Crippen LogP contribution is -2.47. The number of fused-ring (bicyclic) bond motifs is 2. The number of nitrogens with one attached hydrogen (secondary N) is 2. The van der Waals surface area contributed by atoms with Crippen LogP contribution in [0.4, 0.5) is 10.5 Å². The number of imide groups is 1. The van der Waals surface area contributed by atoms with Crippen molar-refractivity contribution in [2.45, 2.75) is 29.7 Å². The molecule has 1 aliphatic carbocycles. The summed E-state index contributed by atoms with van der Waals surface area (Å²) in [6.45, 7) is 0.534. The lowest BCUT2D eigenvalue weighted by molar-refractivity contribution is -0.134. The molecule has 0 saturated carbocycles. The average molecular weight is 529 g/mol. The van der Waals surface area contributed by atoms with Crippen LogP contribution < -0.4 is 15.4 Å². The van der Waals surface area contributed by atoms with Gasteiger partial charge in [-0.1, -0.05) is 24.3 Å². The first-order chi connectivity index (χ1) is 17.8. The Morgan fingerprint density at radius 2 is 1.92 bits per heavy atom. The van der Waals surface area contributed by atoms with Gasteiger partial charge in [-0.25, -0.2) is 13.2 Å². The van der Waals surface area contributed by atoms with E-state index in [4.69, 9.17) is 9.47 Å². The zero-order chi connectivity index (χ0) is 26.2. The number of morpholine rings is 1. The van der Waals surface area contributed by atoms with Gasteiger partial charge in [0.15, 0.2) is 0 Å². The number of carbonyl (C=O) groups excluding carboxylic acids is 3. The molecule has 4 amide bonds. The van der Waals surface area contributed by atoms with Crippen molar-refractivity contribution in [2.75, 3.05) is 45.3 Å². The highest BCUT2D eigenvalue weighted by atomic mass is 32.2. The summed E-state index contributed by atoms with van der Waals surface area (Å²) in [5.41, 5.74) is 0.685. The van der Waals surface area contributed by atoms with Crippen molar-refractivity contribution >= 4 is 33.6 Å². The van der Waals surface area contributed by atoms with Gasteiger partial charge in [-0.15, -0.1) is 0 Å². The molecule has 2 aromatic rings. The van der Waals surface area contributed by atoms with Crippen LogP contribution in [0.25, 0.3) is 0 Å². The SMILES string of the molecule is COc1ccc(S(=O)(=O)N2CCOCC2)cc1NC(=O)CN1C(=O)NC2(CCCc3ccccc32)C1=O. The Labute approximate surface area is 214 Å². The van der Waals surface area contributed by atoms with Gasteiger partial charge in [-0.2, -0.15) is 4.31 Å². The molecule has 2 fully saturated rings. The number of rotatable bonds is 6. The third-order valence-electron chi connectivity index (χ3n) is 7.01. The van der Waals surface area contributed by atoms with Crippen molar-refractivity contribution in [3.8, 4) is 5.75 Å². The number of hydrogen-bond acceptors (Lipinski definition) is 7. The van der Waals surface area contributed by atoms with E-state index in [0.29, 0.717) is 19.6 Å². The zero-order valence-electron chi connectivity index (χ0n) is 20.4. The quantitative estimate of drug-likeness (QED) is 0.542. The second-order valence-electron chi connectivity index (χ2n) is 9.16. The van der Waals surface area contributed by atoms with Gasteiger partial charge in [0.25, 0.3) is 5.91 Å². The predicted molar refractivity (Wildman–Crippen MR) is 133 cm³/mol. The van der Waals surface area contributed by atoms with Crippen LogP contribution in [0, 0.1) is 0 Å². The number of nitrogens with zero attached hydrogens (tertiary/aromatic N) is 2. The van der Waals surface area contributed by atoms with Crippen molar-refractivity contribution in [3.05, 3.63) is 53.6 Å². The van der Waals surface area contributed by atoms with E-state index in [0.717, 1.165) is 28.9 Å². The van der Waals surface area contributed by atoms with E-state index >= 15 is 0 Å². The molecule has 2 heterocycles. The number of sulfonamides is 1. The van der Waals surface area contributed by atoms with Gasteiger partial charge in [0.2, 0.25) is 15.9 Å². The number of ether oxygens (including phenoxy) is 2. The molecular formula is C25H28N4O7S. The molecule has 2 aliphatic heterocycles. The van der Waals surface area contributed by atoms with E-state index in [-0.39, 0.29) is 29.4 Å². The van der Waals surface area contributed by atoms with E-state index in [1.807, 2.05) is 24.3 Å². The molecule has 2 aromatic carbocycles. The third kappa shape index (κ3) is 4.45. The minimum absolute atomic E-state index is 0.0155. The molecule has 11 nitrogen and oxygen atoms in total. The number of methoxy groups -OCH3 is 1. The molecule has 5 rings (SSSR count). The first-order valence-electron chi connectivity index (χ1n) is 12.0. The maximum atomic E-state index is 13.5. The number of carbonyl (C=O) groups is 3. The summed E-state index contributed by atoms with van der Waals surface area (Å²) in [5, 5.41) is 5.43. The van der Waals surface area contributed by atoms with Crippen LogP contribution in [0.15, 0.2) is 47.4 Å². The lowest BCUT2D eigenvalue weighted by Gasteiger charge is -2.33. The van der Waals surface area contributed by atoms with E-state index in [9.17, 15) is 22.8 Å². The van der Waals surface area contributed by atoms with Crippen molar-refractivity contribution < 1.29 is 32.3 Å². The van der Waals surface area contributed by atoms with Gasteiger partial charge in [0.05, 0.1) is 30.9 Å². The fourth-order valence-corrected chi connectivity index (χ4v) is 6.60. The number of urea groups is 1. The van der Waals surface area contributed by atoms with Crippen LogP contribution >= 0.6 is 0 Å². The van der Waals surface area contributed by atoms with Crippen LogP contribution in [-0.2, 0) is 36.3 Å². The highest BCUT2D eigenvalue weighted by molar-refractivity contribution is 7.89.